The summed E-state index contributed by atoms with van der Waals surface area (Å²) in [6.45, 7) is 5.52. The molecule has 1 aromatic carbocycles. The number of phenols is 1. The Kier molecular flexibility index (Phi) is 4.65. The maximum Gasteiger partial charge on any atom is 0.338 e. The van der Waals surface area contributed by atoms with Crippen LogP contribution in [0.3, 0.4) is 0 Å². The van der Waals surface area contributed by atoms with Crippen LogP contribution >= 0.6 is 0 Å². The molecule has 0 unspecified atom stereocenters. The molecule has 0 atom stereocenters. The molecule has 0 amide bonds. The van der Waals surface area contributed by atoms with Crippen LogP contribution in [0.15, 0.2) is 18.2 Å². The third kappa shape index (κ3) is 3.54. The molecule has 0 aliphatic carbocycles. The second kappa shape index (κ2) is 6.31. The van der Waals surface area contributed by atoms with Crippen LogP contribution in [0.5, 0.6) is 5.75 Å². The summed E-state index contributed by atoms with van der Waals surface area (Å²) in [6, 6.07) is 3.46. The van der Waals surface area contributed by atoms with Gasteiger partial charge in [0.15, 0.2) is 5.75 Å². The van der Waals surface area contributed by atoms with E-state index in [1.54, 1.807) is 0 Å². The first-order chi connectivity index (χ1) is 10.3. The van der Waals surface area contributed by atoms with E-state index < -0.39 is 27.9 Å². The number of hydrogen-bond donors (Lipinski definition) is 2. The van der Waals surface area contributed by atoms with Gasteiger partial charge in [-0.25, -0.2) is 4.79 Å². The summed E-state index contributed by atoms with van der Waals surface area (Å²) >= 11 is 0. The molecule has 1 saturated heterocycles. The minimum absolute atomic E-state index is 0.102. The van der Waals surface area contributed by atoms with Crippen LogP contribution < -0.4 is 5.32 Å². The van der Waals surface area contributed by atoms with Crippen LogP contribution in [-0.2, 0) is 4.74 Å². The van der Waals surface area contributed by atoms with E-state index in [-0.39, 0.29) is 11.5 Å². The second-order valence-corrected chi connectivity index (χ2v) is 5.98. The smallest absolute Gasteiger partial charge is 0.338 e. The van der Waals surface area contributed by atoms with Gasteiger partial charge in [0.1, 0.15) is 5.60 Å². The molecule has 1 aliphatic rings. The number of carbonyl (C=O) groups excluding carboxylic acids is 1. The first kappa shape index (κ1) is 16.2. The Morgan fingerprint density at radius 2 is 2.05 bits per heavy atom. The van der Waals surface area contributed by atoms with Crippen LogP contribution in [0.25, 0.3) is 0 Å². The van der Waals surface area contributed by atoms with Crippen molar-refractivity contribution < 1.29 is 19.6 Å². The van der Waals surface area contributed by atoms with Crippen LogP contribution in [0.4, 0.5) is 5.69 Å². The number of carbonyl (C=O) groups is 1. The van der Waals surface area contributed by atoms with Gasteiger partial charge in [0.05, 0.1) is 10.5 Å². The number of hydrogen-bond acceptors (Lipinski definition) is 6. The number of phenolic OH excluding ortho intramolecular Hbond substituents is 1. The highest BCUT2D eigenvalue weighted by Crippen LogP contribution is 2.31. The van der Waals surface area contributed by atoms with Gasteiger partial charge in [-0.1, -0.05) is 0 Å². The molecule has 22 heavy (non-hydrogen) atoms. The molecule has 0 spiro atoms. The number of aromatic hydroxyl groups is 1. The Morgan fingerprint density at radius 3 is 2.59 bits per heavy atom. The fourth-order valence-electron chi connectivity index (χ4n) is 2.70. The van der Waals surface area contributed by atoms with Crippen molar-refractivity contribution in [2.75, 3.05) is 13.1 Å². The third-order valence-corrected chi connectivity index (χ3v) is 4.09. The normalized spacial score (nSPS) is 16.3. The van der Waals surface area contributed by atoms with Gasteiger partial charge >= 0.3 is 11.7 Å². The maximum atomic E-state index is 12.2. The van der Waals surface area contributed by atoms with Crippen molar-refractivity contribution in [1.82, 2.24) is 5.32 Å². The molecule has 2 rings (SSSR count). The van der Waals surface area contributed by atoms with Crippen molar-refractivity contribution in [2.24, 2.45) is 5.92 Å². The lowest BCUT2D eigenvalue weighted by molar-refractivity contribution is -0.385. The number of rotatable bonds is 4. The molecule has 0 aromatic heterocycles. The molecule has 1 fully saturated rings. The van der Waals surface area contributed by atoms with E-state index in [2.05, 4.69) is 5.32 Å². The van der Waals surface area contributed by atoms with Gasteiger partial charge in [-0.2, -0.15) is 0 Å². The van der Waals surface area contributed by atoms with Gasteiger partial charge in [0.25, 0.3) is 0 Å². The molecule has 1 aliphatic heterocycles. The van der Waals surface area contributed by atoms with Gasteiger partial charge in [-0.05, 0) is 45.8 Å². The van der Waals surface area contributed by atoms with Crippen molar-refractivity contribution in [1.29, 1.82) is 0 Å². The lowest BCUT2D eigenvalue weighted by Crippen LogP contribution is -2.42. The molecule has 2 N–H and O–H groups in total. The number of nitro groups is 1. The largest absolute Gasteiger partial charge is 0.502 e. The predicted molar refractivity (Wildman–Crippen MR) is 79.8 cm³/mol. The molecule has 120 valence electrons. The first-order valence-corrected chi connectivity index (χ1v) is 7.23. The van der Waals surface area contributed by atoms with Gasteiger partial charge in [-0.3, -0.25) is 10.1 Å². The average Bonchev–Trinajstić information content (AvgIpc) is 2.47. The Balaban J connectivity index is 2.11. The highest BCUT2D eigenvalue weighted by atomic mass is 16.6. The van der Waals surface area contributed by atoms with E-state index in [1.165, 1.54) is 6.07 Å². The molecule has 7 nitrogen and oxygen atoms in total. The second-order valence-electron chi connectivity index (χ2n) is 5.98. The molecule has 0 bridgehead atoms. The summed E-state index contributed by atoms with van der Waals surface area (Å²) in [6.07, 6.45) is 1.84. The number of benzene rings is 1. The van der Waals surface area contributed by atoms with Gasteiger partial charge in [0, 0.05) is 18.1 Å². The summed E-state index contributed by atoms with van der Waals surface area (Å²) in [5, 5.41) is 23.5. The van der Waals surface area contributed by atoms with Gasteiger partial charge in [-0.15, -0.1) is 0 Å². The fourth-order valence-corrected chi connectivity index (χ4v) is 2.70. The first-order valence-electron chi connectivity index (χ1n) is 7.23. The van der Waals surface area contributed by atoms with Crippen LogP contribution in [0.1, 0.15) is 37.0 Å². The van der Waals surface area contributed by atoms with Crippen LogP contribution in [0.2, 0.25) is 0 Å². The minimum Gasteiger partial charge on any atom is -0.502 e. The van der Waals surface area contributed by atoms with E-state index in [9.17, 15) is 20.0 Å². The van der Waals surface area contributed by atoms with Crippen molar-refractivity contribution in [3.63, 3.8) is 0 Å². The van der Waals surface area contributed by atoms with E-state index in [1.807, 2.05) is 13.8 Å². The number of nitro benzene ring substituents is 1. The summed E-state index contributed by atoms with van der Waals surface area (Å²) in [5.74, 6) is -0.878. The van der Waals surface area contributed by atoms with Crippen molar-refractivity contribution in [3.05, 3.63) is 33.9 Å². The van der Waals surface area contributed by atoms with Crippen molar-refractivity contribution in [3.8, 4) is 5.75 Å². The highest BCUT2D eigenvalue weighted by Gasteiger charge is 2.34. The topological polar surface area (TPSA) is 102 Å². The standard InChI is InChI=1S/C15H20N2O5/c1-15(2,11-5-7-16-8-6-11)22-14(19)10-3-4-12(17(20)21)13(18)9-10/h3-4,9,11,16,18H,5-8H2,1-2H3. The average molecular weight is 308 g/mol. The number of nitrogens with one attached hydrogen (secondary N) is 1. The number of piperidine rings is 1. The van der Waals surface area contributed by atoms with E-state index in [0.29, 0.717) is 0 Å². The quantitative estimate of drug-likeness (QED) is 0.502. The minimum atomic E-state index is -0.705. The van der Waals surface area contributed by atoms with Gasteiger partial charge in [0.2, 0.25) is 0 Å². The van der Waals surface area contributed by atoms with Crippen molar-refractivity contribution >= 4 is 11.7 Å². The molecule has 0 saturated carbocycles. The lowest BCUT2D eigenvalue weighted by atomic mass is 9.83. The summed E-state index contributed by atoms with van der Waals surface area (Å²) in [4.78, 5) is 22.2. The maximum absolute atomic E-state index is 12.2. The van der Waals surface area contributed by atoms with Crippen molar-refractivity contribution in [2.45, 2.75) is 32.3 Å². The fraction of sp³-hybridized carbons (Fsp3) is 0.533. The van der Waals surface area contributed by atoms with E-state index >= 15 is 0 Å². The Bertz CT molecular complexity index is 579. The summed E-state index contributed by atoms with van der Waals surface area (Å²) < 4.78 is 5.57. The zero-order valence-corrected chi connectivity index (χ0v) is 12.7. The third-order valence-electron chi connectivity index (χ3n) is 4.09. The molecular weight excluding hydrogens is 288 g/mol. The molecule has 7 heteroatoms. The predicted octanol–water partition coefficient (Wildman–Crippen LogP) is 2.24. The Labute approximate surface area is 128 Å². The Morgan fingerprint density at radius 1 is 1.41 bits per heavy atom. The molecule has 1 aromatic rings. The summed E-state index contributed by atoms with van der Waals surface area (Å²) in [5.41, 5.74) is -0.962. The van der Waals surface area contributed by atoms with Gasteiger partial charge < -0.3 is 15.2 Å². The number of ether oxygens (including phenoxy) is 1. The molecule has 0 radical (unpaired) electrons. The monoisotopic (exact) mass is 308 g/mol. The molecule has 1 heterocycles. The zero-order valence-electron chi connectivity index (χ0n) is 12.7. The summed E-state index contributed by atoms with van der Waals surface area (Å²) in [7, 11) is 0. The zero-order chi connectivity index (χ0) is 16.3. The molecular formula is C15H20N2O5. The highest BCUT2D eigenvalue weighted by molar-refractivity contribution is 5.90. The van der Waals surface area contributed by atoms with Crippen LogP contribution in [0, 0.1) is 16.0 Å². The lowest BCUT2D eigenvalue weighted by Gasteiger charge is -2.36. The Hall–Kier alpha value is -2.15. The van der Waals surface area contributed by atoms with Crippen LogP contribution in [-0.4, -0.2) is 34.7 Å². The number of nitrogens with zero attached hydrogens (tertiary/aromatic N) is 1. The number of esters is 1. The van der Waals surface area contributed by atoms with E-state index in [4.69, 9.17) is 4.74 Å². The van der Waals surface area contributed by atoms with E-state index in [0.717, 1.165) is 38.1 Å². The SMILES string of the molecule is CC(C)(OC(=O)c1ccc([N+](=O)[O-])c(O)c1)C1CCNCC1.